The first kappa shape index (κ1) is 10.5. The van der Waals surface area contributed by atoms with Crippen LogP contribution in [-0.2, 0) is 6.42 Å². The van der Waals surface area contributed by atoms with E-state index in [-0.39, 0.29) is 12.4 Å². The summed E-state index contributed by atoms with van der Waals surface area (Å²) in [7, 11) is 0. The molecule has 0 saturated carbocycles. The Balaban J connectivity index is 0.000000845. The molecule has 1 aliphatic heterocycles. The number of aromatic nitrogens is 2. The number of aryl methyl sites for hydroxylation is 1. The molecule has 0 bridgehead atoms. The van der Waals surface area contributed by atoms with E-state index in [1.165, 1.54) is 0 Å². The van der Waals surface area contributed by atoms with Gasteiger partial charge in [0.15, 0.2) is 5.82 Å². The molecule has 13 heavy (non-hydrogen) atoms. The van der Waals surface area contributed by atoms with Crippen molar-refractivity contribution in [1.82, 2.24) is 15.5 Å². The van der Waals surface area contributed by atoms with Crippen LogP contribution in [0.5, 0.6) is 0 Å². The molecule has 1 aromatic rings. The SMILES string of the molecule is CCCc1nc(C2CNC2)no1.Cl. The van der Waals surface area contributed by atoms with E-state index >= 15 is 0 Å². The van der Waals surface area contributed by atoms with Gasteiger partial charge in [0.25, 0.3) is 0 Å². The summed E-state index contributed by atoms with van der Waals surface area (Å²) in [5.74, 6) is 2.14. The molecule has 1 fully saturated rings. The van der Waals surface area contributed by atoms with Crippen molar-refractivity contribution >= 4 is 12.4 Å². The van der Waals surface area contributed by atoms with Crippen LogP contribution < -0.4 is 5.32 Å². The third kappa shape index (κ3) is 2.19. The van der Waals surface area contributed by atoms with Gasteiger partial charge < -0.3 is 9.84 Å². The van der Waals surface area contributed by atoms with Gasteiger partial charge in [-0.1, -0.05) is 12.1 Å². The average molecular weight is 204 g/mol. The molecule has 4 nitrogen and oxygen atoms in total. The van der Waals surface area contributed by atoms with Gasteiger partial charge in [0.05, 0.1) is 0 Å². The first-order valence-corrected chi connectivity index (χ1v) is 4.43. The second kappa shape index (κ2) is 4.58. The fraction of sp³-hybridized carbons (Fsp3) is 0.750. The van der Waals surface area contributed by atoms with Crippen molar-refractivity contribution in [2.45, 2.75) is 25.7 Å². The van der Waals surface area contributed by atoms with E-state index in [1.54, 1.807) is 0 Å². The summed E-state index contributed by atoms with van der Waals surface area (Å²) < 4.78 is 5.07. The Morgan fingerprint density at radius 2 is 2.31 bits per heavy atom. The van der Waals surface area contributed by atoms with Crippen molar-refractivity contribution < 1.29 is 4.52 Å². The molecule has 74 valence electrons. The fourth-order valence-electron chi connectivity index (χ4n) is 1.22. The number of rotatable bonds is 3. The summed E-state index contributed by atoms with van der Waals surface area (Å²) in [6, 6.07) is 0. The maximum Gasteiger partial charge on any atom is 0.226 e. The average Bonchev–Trinajstić information content (AvgIpc) is 2.34. The second-order valence-electron chi connectivity index (χ2n) is 3.15. The molecular weight excluding hydrogens is 190 g/mol. The predicted octanol–water partition coefficient (Wildman–Crippen LogP) is 1.13. The van der Waals surface area contributed by atoms with Gasteiger partial charge in [-0.25, -0.2) is 0 Å². The van der Waals surface area contributed by atoms with Gasteiger partial charge in [-0.15, -0.1) is 12.4 Å². The lowest BCUT2D eigenvalue weighted by molar-refractivity contribution is 0.355. The minimum absolute atomic E-state index is 0. The summed E-state index contributed by atoms with van der Waals surface area (Å²) in [6.07, 6.45) is 1.96. The number of hydrogen-bond acceptors (Lipinski definition) is 4. The lowest BCUT2D eigenvalue weighted by Gasteiger charge is -2.23. The van der Waals surface area contributed by atoms with Gasteiger partial charge in [0.2, 0.25) is 5.89 Å². The molecule has 0 amide bonds. The molecule has 2 rings (SSSR count). The predicted molar refractivity (Wildman–Crippen MR) is 51.2 cm³/mol. The number of hydrogen-bond donors (Lipinski definition) is 1. The van der Waals surface area contributed by atoms with Crippen LogP contribution >= 0.6 is 12.4 Å². The lowest BCUT2D eigenvalue weighted by Crippen LogP contribution is -2.40. The maximum atomic E-state index is 5.07. The van der Waals surface area contributed by atoms with Gasteiger partial charge >= 0.3 is 0 Å². The highest BCUT2D eigenvalue weighted by Crippen LogP contribution is 2.16. The van der Waals surface area contributed by atoms with Crippen molar-refractivity contribution in [2.24, 2.45) is 0 Å². The Morgan fingerprint density at radius 3 is 2.85 bits per heavy atom. The number of nitrogens with zero attached hydrogens (tertiary/aromatic N) is 2. The van der Waals surface area contributed by atoms with Crippen LogP contribution in [0, 0.1) is 0 Å². The monoisotopic (exact) mass is 203 g/mol. The quantitative estimate of drug-likeness (QED) is 0.800. The Hall–Kier alpha value is -0.610. The van der Waals surface area contributed by atoms with Gasteiger partial charge in [-0.05, 0) is 6.42 Å². The van der Waals surface area contributed by atoms with Crippen LogP contribution in [0.25, 0.3) is 0 Å². The molecular formula is C8H14ClN3O. The van der Waals surface area contributed by atoms with Crippen molar-refractivity contribution in [3.63, 3.8) is 0 Å². The maximum absolute atomic E-state index is 5.07. The summed E-state index contributed by atoms with van der Waals surface area (Å²) in [6.45, 7) is 4.09. The summed E-state index contributed by atoms with van der Waals surface area (Å²) >= 11 is 0. The van der Waals surface area contributed by atoms with Crippen LogP contribution in [0.4, 0.5) is 0 Å². The van der Waals surface area contributed by atoms with E-state index in [0.717, 1.165) is 37.6 Å². The van der Waals surface area contributed by atoms with Crippen LogP contribution in [0.15, 0.2) is 4.52 Å². The third-order valence-corrected chi connectivity index (χ3v) is 2.09. The highest BCUT2D eigenvalue weighted by molar-refractivity contribution is 5.85. The van der Waals surface area contributed by atoms with E-state index in [1.807, 2.05) is 0 Å². The zero-order chi connectivity index (χ0) is 8.39. The van der Waals surface area contributed by atoms with Crippen LogP contribution in [0.2, 0.25) is 0 Å². The molecule has 1 N–H and O–H groups in total. The van der Waals surface area contributed by atoms with E-state index < -0.39 is 0 Å². The molecule has 0 unspecified atom stereocenters. The molecule has 1 aliphatic rings. The first-order chi connectivity index (χ1) is 5.90. The van der Waals surface area contributed by atoms with Gasteiger partial charge in [-0.3, -0.25) is 0 Å². The van der Waals surface area contributed by atoms with Crippen molar-refractivity contribution in [2.75, 3.05) is 13.1 Å². The van der Waals surface area contributed by atoms with Crippen molar-refractivity contribution in [3.8, 4) is 0 Å². The molecule has 0 spiro atoms. The van der Waals surface area contributed by atoms with Gasteiger partial charge in [-0.2, -0.15) is 4.98 Å². The van der Waals surface area contributed by atoms with Crippen LogP contribution in [0.1, 0.15) is 31.0 Å². The zero-order valence-electron chi connectivity index (χ0n) is 7.62. The topological polar surface area (TPSA) is 51.0 Å². The molecule has 0 radical (unpaired) electrons. The Kier molecular flexibility index (Phi) is 3.69. The standard InChI is InChI=1S/C8H13N3O.ClH/c1-2-3-7-10-8(11-12-7)6-4-9-5-6;/h6,9H,2-5H2,1H3;1H. The molecule has 2 heterocycles. The Morgan fingerprint density at radius 1 is 1.54 bits per heavy atom. The molecule has 1 aromatic heterocycles. The highest BCUT2D eigenvalue weighted by atomic mass is 35.5. The van der Waals surface area contributed by atoms with Crippen molar-refractivity contribution in [3.05, 3.63) is 11.7 Å². The number of halogens is 1. The van der Waals surface area contributed by atoms with Gasteiger partial charge in [0, 0.05) is 25.4 Å². The smallest absolute Gasteiger partial charge is 0.226 e. The Labute approximate surface area is 83.5 Å². The minimum atomic E-state index is 0. The molecule has 1 saturated heterocycles. The summed E-state index contributed by atoms with van der Waals surface area (Å²) in [5.41, 5.74) is 0. The Bertz CT molecular complexity index is 260. The molecule has 0 aromatic carbocycles. The summed E-state index contributed by atoms with van der Waals surface area (Å²) in [4.78, 5) is 4.30. The molecule has 0 aliphatic carbocycles. The second-order valence-corrected chi connectivity index (χ2v) is 3.15. The highest BCUT2D eigenvalue weighted by Gasteiger charge is 2.23. The van der Waals surface area contributed by atoms with E-state index in [9.17, 15) is 0 Å². The normalized spacial score (nSPS) is 16.4. The van der Waals surface area contributed by atoms with E-state index in [0.29, 0.717) is 5.92 Å². The number of nitrogens with one attached hydrogen (secondary N) is 1. The van der Waals surface area contributed by atoms with Crippen LogP contribution in [-0.4, -0.2) is 23.2 Å². The largest absolute Gasteiger partial charge is 0.339 e. The van der Waals surface area contributed by atoms with E-state index in [4.69, 9.17) is 4.52 Å². The van der Waals surface area contributed by atoms with Crippen LogP contribution in [0.3, 0.4) is 0 Å². The lowest BCUT2D eigenvalue weighted by atomic mass is 10.0. The third-order valence-electron chi connectivity index (χ3n) is 2.09. The fourth-order valence-corrected chi connectivity index (χ4v) is 1.22. The molecule has 0 atom stereocenters. The first-order valence-electron chi connectivity index (χ1n) is 4.43. The van der Waals surface area contributed by atoms with Gasteiger partial charge in [0.1, 0.15) is 0 Å². The summed E-state index contributed by atoms with van der Waals surface area (Å²) in [5, 5.41) is 7.11. The minimum Gasteiger partial charge on any atom is -0.339 e. The molecule has 5 heteroatoms. The van der Waals surface area contributed by atoms with E-state index in [2.05, 4.69) is 22.4 Å². The zero-order valence-corrected chi connectivity index (χ0v) is 8.43. The van der Waals surface area contributed by atoms with Crippen molar-refractivity contribution in [1.29, 1.82) is 0 Å².